The molecule has 0 bridgehead atoms. The summed E-state index contributed by atoms with van der Waals surface area (Å²) in [5, 5.41) is 0. The van der Waals surface area contributed by atoms with Gasteiger partial charge in [0.2, 0.25) is 10.0 Å². The zero-order valence-electron chi connectivity index (χ0n) is 19.2. The molecule has 0 aliphatic carbocycles. The Morgan fingerprint density at radius 3 is 2.58 bits per heavy atom. The predicted octanol–water partition coefficient (Wildman–Crippen LogP) is 3.23. The summed E-state index contributed by atoms with van der Waals surface area (Å²) in [5.74, 6) is 0.964. The lowest BCUT2D eigenvalue weighted by Crippen LogP contribution is -2.40. The highest BCUT2D eigenvalue weighted by Gasteiger charge is 2.27. The van der Waals surface area contributed by atoms with Crippen LogP contribution < -0.4 is 4.74 Å². The highest BCUT2D eigenvalue weighted by molar-refractivity contribution is 7.89. The van der Waals surface area contributed by atoms with Gasteiger partial charge in [-0.1, -0.05) is 17.7 Å². The van der Waals surface area contributed by atoms with Gasteiger partial charge in [0.05, 0.1) is 35.6 Å². The number of carbonyl (C=O) groups excluding carboxylic acids is 1. The second-order valence-corrected chi connectivity index (χ2v) is 10.1. The lowest BCUT2D eigenvalue weighted by atomic mass is 10.1. The second-order valence-electron chi connectivity index (χ2n) is 8.18. The summed E-state index contributed by atoms with van der Waals surface area (Å²) in [6, 6.07) is 10.7. The van der Waals surface area contributed by atoms with Gasteiger partial charge in [-0.05, 0) is 50.6 Å². The number of ether oxygens (including phenoxy) is 2. The third-order valence-corrected chi connectivity index (χ3v) is 7.72. The van der Waals surface area contributed by atoms with Crippen LogP contribution in [0.4, 0.5) is 0 Å². The number of aromatic nitrogens is 2. The molecule has 3 aromatic rings. The maximum atomic E-state index is 13.0. The van der Waals surface area contributed by atoms with E-state index in [1.54, 1.807) is 24.3 Å². The van der Waals surface area contributed by atoms with Crippen LogP contribution in [0.3, 0.4) is 0 Å². The first-order chi connectivity index (χ1) is 15.8. The van der Waals surface area contributed by atoms with E-state index >= 15 is 0 Å². The minimum Gasteiger partial charge on any atom is -0.426 e. The van der Waals surface area contributed by atoms with Crippen LogP contribution >= 0.6 is 0 Å². The van der Waals surface area contributed by atoms with Crippen molar-refractivity contribution in [1.29, 1.82) is 0 Å². The average molecular weight is 472 g/mol. The van der Waals surface area contributed by atoms with Crippen molar-refractivity contribution in [3.63, 3.8) is 0 Å². The van der Waals surface area contributed by atoms with E-state index in [9.17, 15) is 13.2 Å². The zero-order chi connectivity index (χ0) is 23.6. The van der Waals surface area contributed by atoms with Crippen LogP contribution in [0.1, 0.15) is 30.3 Å². The summed E-state index contributed by atoms with van der Waals surface area (Å²) in [6.07, 6.45) is 0.577. The number of aryl methyl sites for hydroxylation is 4. The van der Waals surface area contributed by atoms with Crippen molar-refractivity contribution in [2.45, 2.75) is 45.1 Å². The maximum absolute atomic E-state index is 13.0. The van der Waals surface area contributed by atoms with Gasteiger partial charge >= 0.3 is 5.97 Å². The number of sulfonamides is 1. The van der Waals surface area contributed by atoms with Gasteiger partial charge in [-0.25, -0.2) is 13.4 Å². The van der Waals surface area contributed by atoms with E-state index in [4.69, 9.17) is 9.47 Å². The Morgan fingerprint density at radius 1 is 1.12 bits per heavy atom. The number of esters is 1. The van der Waals surface area contributed by atoms with Crippen LogP contribution in [-0.2, 0) is 32.5 Å². The first kappa shape index (κ1) is 23.4. The summed E-state index contributed by atoms with van der Waals surface area (Å²) in [5.41, 5.74) is 3.47. The van der Waals surface area contributed by atoms with Gasteiger partial charge in [-0.2, -0.15) is 4.31 Å². The SMILES string of the molecule is CCn1c(CCC(=O)Oc2ccc(C)cc2C)nc2cc(S(=O)(=O)N3CCOCC3)ccc21. The third-order valence-electron chi connectivity index (χ3n) is 5.83. The van der Waals surface area contributed by atoms with E-state index in [2.05, 4.69) is 4.98 Å². The van der Waals surface area contributed by atoms with Crippen LogP contribution in [0.2, 0.25) is 0 Å². The molecule has 1 aliphatic rings. The lowest BCUT2D eigenvalue weighted by Gasteiger charge is -2.26. The molecule has 2 aromatic carbocycles. The van der Waals surface area contributed by atoms with Crippen LogP contribution in [0.5, 0.6) is 5.75 Å². The fourth-order valence-corrected chi connectivity index (χ4v) is 5.53. The monoisotopic (exact) mass is 471 g/mol. The normalized spacial score (nSPS) is 15.1. The van der Waals surface area contributed by atoms with E-state index in [0.29, 0.717) is 50.5 Å². The summed E-state index contributed by atoms with van der Waals surface area (Å²) in [6.45, 7) is 8.04. The Bertz CT molecular complexity index is 1280. The molecule has 0 saturated carbocycles. The van der Waals surface area contributed by atoms with Crippen molar-refractivity contribution < 1.29 is 22.7 Å². The molecule has 1 aromatic heterocycles. The molecule has 9 heteroatoms. The first-order valence-corrected chi connectivity index (χ1v) is 12.6. The molecule has 0 amide bonds. The molecular weight excluding hydrogens is 442 g/mol. The standard InChI is InChI=1S/C24H29N3O5S/c1-4-27-21-7-6-19(33(29,30)26-11-13-31-14-12-26)16-20(21)25-23(27)9-10-24(28)32-22-8-5-17(2)15-18(22)3/h5-8,15-16H,4,9-14H2,1-3H3. The van der Waals surface area contributed by atoms with Crippen molar-refractivity contribution in [3.8, 4) is 5.75 Å². The van der Waals surface area contributed by atoms with Crippen molar-refractivity contribution in [2.75, 3.05) is 26.3 Å². The number of hydrogen-bond donors (Lipinski definition) is 0. The van der Waals surface area contributed by atoms with Crippen molar-refractivity contribution in [1.82, 2.24) is 13.9 Å². The topological polar surface area (TPSA) is 90.7 Å². The molecule has 1 fully saturated rings. The Kier molecular flexibility index (Phi) is 6.83. The summed E-state index contributed by atoms with van der Waals surface area (Å²) in [4.78, 5) is 17.3. The Hall–Kier alpha value is -2.75. The molecule has 0 radical (unpaired) electrons. The van der Waals surface area contributed by atoms with E-state index in [1.807, 2.05) is 37.5 Å². The average Bonchev–Trinajstić information content (AvgIpc) is 3.17. The summed E-state index contributed by atoms with van der Waals surface area (Å²) >= 11 is 0. The molecule has 8 nitrogen and oxygen atoms in total. The Balaban J connectivity index is 1.52. The molecular formula is C24H29N3O5S. The number of imidazole rings is 1. The smallest absolute Gasteiger partial charge is 0.311 e. The number of morpholine rings is 1. The van der Waals surface area contributed by atoms with Crippen molar-refractivity contribution in [3.05, 3.63) is 53.3 Å². The second kappa shape index (κ2) is 9.62. The van der Waals surface area contributed by atoms with Crippen LogP contribution in [0.25, 0.3) is 11.0 Å². The molecule has 0 unspecified atom stereocenters. The van der Waals surface area contributed by atoms with Gasteiger partial charge in [-0.15, -0.1) is 0 Å². The van der Waals surface area contributed by atoms with Crippen LogP contribution in [0, 0.1) is 13.8 Å². The van der Waals surface area contributed by atoms with E-state index in [0.717, 1.165) is 22.5 Å². The molecule has 4 rings (SSSR count). The molecule has 0 N–H and O–H groups in total. The number of fused-ring (bicyclic) bond motifs is 1. The molecule has 176 valence electrons. The minimum absolute atomic E-state index is 0.176. The van der Waals surface area contributed by atoms with E-state index in [1.165, 1.54) is 4.31 Å². The third kappa shape index (κ3) is 4.95. The van der Waals surface area contributed by atoms with E-state index < -0.39 is 10.0 Å². The van der Waals surface area contributed by atoms with Crippen molar-refractivity contribution in [2.24, 2.45) is 0 Å². The minimum atomic E-state index is -3.60. The number of rotatable bonds is 7. The predicted molar refractivity (Wildman–Crippen MR) is 125 cm³/mol. The number of benzene rings is 2. The maximum Gasteiger partial charge on any atom is 0.311 e. The van der Waals surface area contributed by atoms with Crippen LogP contribution in [0.15, 0.2) is 41.3 Å². The number of hydrogen-bond acceptors (Lipinski definition) is 6. The van der Waals surface area contributed by atoms with Crippen molar-refractivity contribution >= 4 is 27.0 Å². The molecule has 0 atom stereocenters. The fraction of sp³-hybridized carbons (Fsp3) is 0.417. The van der Waals surface area contributed by atoms with Gasteiger partial charge in [0.25, 0.3) is 0 Å². The quantitative estimate of drug-likeness (QED) is 0.388. The summed E-state index contributed by atoms with van der Waals surface area (Å²) < 4.78 is 40.3. The first-order valence-electron chi connectivity index (χ1n) is 11.1. The zero-order valence-corrected chi connectivity index (χ0v) is 20.0. The van der Waals surface area contributed by atoms with Gasteiger partial charge in [0.1, 0.15) is 11.6 Å². The highest BCUT2D eigenvalue weighted by atomic mass is 32.2. The van der Waals surface area contributed by atoms with Gasteiger partial charge in [0, 0.05) is 26.1 Å². The molecule has 33 heavy (non-hydrogen) atoms. The molecule has 0 spiro atoms. The number of carbonyl (C=O) groups is 1. The lowest BCUT2D eigenvalue weighted by molar-refractivity contribution is -0.134. The fourth-order valence-electron chi connectivity index (χ4n) is 4.10. The molecule has 2 heterocycles. The van der Waals surface area contributed by atoms with Gasteiger partial charge < -0.3 is 14.0 Å². The van der Waals surface area contributed by atoms with Crippen LogP contribution in [-0.4, -0.2) is 54.5 Å². The van der Waals surface area contributed by atoms with Gasteiger partial charge in [-0.3, -0.25) is 4.79 Å². The van der Waals surface area contributed by atoms with E-state index in [-0.39, 0.29) is 17.3 Å². The molecule has 1 saturated heterocycles. The number of nitrogens with zero attached hydrogens (tertiary/aromatic N) is 3. The summed E-state index contributed by atoms with van der Waals surface area (Å²) in [7, 11) is -3.60. The highest BCUT2D eigenvalue weighted by Crippen LogP contribution is 2.25. The molecule has 1 aliphatic heterocycles. The van der Waals surface area contributed by atoms with Gasteiger partial charge in [0.15, 0.2) is 0 Å². The largest absolute Gasteiger partial charge is 0.426 e. The Morgan fingerprint density at radius 2 is 1.88 bits per heavy atom. The Labute approximate surface area is 194 Å².